The van der Waals surface area contributed by atoms with Gasteiger partial charge in [0.1, 0.15) is 11.6 Å². The predicted octanol–water partition coefficient (Wildman–Crippen LogP) is 2.18. The lowest BCUT2D eigenvalue weighted by Gasteiger charge is -2.22. The summed E-state index contributed by atoms with van der Waals surface area (Å²) in [5.74, 6) is -0.709. The van der Waals surface area contributed by atoms with E-state index in [-0.39, 0.29) is 17.0 Å². The van der Waals surface area contributed by atoms with Gasteiger partial charge >= 0.3 is 0 Å². The summed E-state index contributed by atoms with van der Waals surface area (Å²) in [6, 6.07) is 3.61. The largest absolute Gasteiger partial charge is 0.330 e. The van der Waals surface area contributed by atoms with Crippen LogP contribution >= 0.6 is 0 Å². The fourth-order valence-electron chi connectivity index (χ4n) is 2.30. The Morgan fingerprint density at radius 2 is 2.06 bits per heavy atom. The molecule has 0 saturated heterocycles. The highest BCUT2D eigenvalue weighted by molar-refractivity contribution is 5.19. The monoisotopic (exact) mass is 254 g/mol. The van der Waals surface area contributed by atoms with E-state index >= 15 is 0 Å². The Labute approximate surface area is 107 Å². The van der Waals surface area contributed by atoms with Gasteiger partial charge in [-0.15, -0.1) is 0 Å². The first kappa shape index (κ1) is 13.4. The SMILES string of the molecule is CN(CCc1cc(F)ccc1F)CC1(CN)CC1. The van der Waals surface area contributed by atoms with Gasteiger partial charge in [-0.2, -0.15) is 0 Å². The van der Waals surface area contributed by atoms with Crippen molar-refractivity contribution in [3.05, 3.63) is 35.4 Å². The molecular formula is C14H20F2N2. The summed E-state index contributed by atoms with van der Waals surface area (Å²) in [6.07, 6.45) is 2.89. The highest BCUT2D eigenvalue weighted by Gasteiger charge is 2.41. The van der Waals surface area contributed by atoms with Crippen LogP contribution in [0.5, 0.6) is 0 Å². The van der Waals surface area contributed by atoms with E-state index in [1.54, 1.807) is 0 Å². The van der Waals surface area contributed by atoms with E-state index < -0.39 is 0 Å². The third-order valence-electron chi connectivity index (χ3n) is 3.77. The van der Waals surface area contributed by atoms with E-state index in [4.69, 9.17) is 5.73 Å². The molecule has 1 aliphatic carbocycles. The number of hydrogen-bond acceptors (Lipinski definition) is 2. The van der Waals surface area contributed by atoms with Crippen molar-refractivity contribution in [2.45, 2.75) is 19.3 Å². The zero-order valence-corrected chi connectivity index (χ0v) is 10.8. The van der Waals surface area contributed by atoms with Crippen molar-refractivity contribution in [2.24, 2.45) is 11.1 Å². The van der Waals surface area contributed by atoms with Gasteiger partial charge in [-0.1, -0.05) is 0 Å². The second-order valence-electron chi connectivity index (χ2n) is 5.43. The maximum atomic E-state index is 13.4. The third-order valence-corrected chi connectivity index (χ3v) is 3.77. The minimum Gasteiger partial charge on any atom is -0.330 e. The van der Waals surface area contributed by atoms with Gasteiger partial charge in [-0.3, -0.25) is 0 Å². The smallest absolute Gasteiger partial charge is 0.126 e. The number of rotatable bonds is 6. The lowest BCUT2D eigenvalue weighted by molar-refractivity contribution is 0.268. The Morgan fingerprint density at radius 3 is 2.67 bits per heavy atom. The van der Waals surface area contributed by atoms with Gasteiger partial charge in [0.05, 0.1) is 0 Å². The number of nitrogens with two attached hydrogens (primary N) is 1. The van der Waals surface area contributed by atoms with Crippen molar-refractivity contribution in [3.8, 4) is 0 Å². The molecule has 4 heteroatoms. The van der Waals surface area contributed by atoms with Crippen LogP contribution in [-0.4, -0.2) is 31.6 Å². The van der Waals surface area contributed by atoms with Crippen LogP contribution < -0.4 is 5.73 Å². The molecule has 1 aromatic carbocycles. The molecule has 1 saturated carbocycles. The van der Waals surface area contributed by atoms with Gasteiger partial charge in [0, 0.05) is 13.1 Å². The van der Waals surface area contributed by atoms with Crippen LogP contribution in [0.2, 0.25) is 0 Å². The number of likely N-dealkylation sites (N-methyl/N-ethyl adjacent to an activating group) is 1. The van der Waals surface area contributed by atoms with Crippen LogP contribution in [0.3, 0.4) is 0 Å². The fraction of sp³-hybridized carbons (Fsp3) is 0.571. The van der Waals surface area contributed by atoms with Crippen molar-refractivity contribution in [1.82, 2.24) is 4.90 Å². The minimum atomic E-state index is -0.380. The van der Waals surface area contributed by atoms with Gasteiger partial charge in [0.25, 0.3) is 0 Å². The van der Waals surface area contributed by atoms with Crippen LogP contribution in [-0.2, 0) is 6.42 Å². The molecule has 0 amide bonds. The van der Waals surface area contributed by atoms with Crippen LogP contribution in [0.15, 0.2) is 18.2 Å². The maximum absolute atomic E-state index is 13.4. The first-order chi connectivity index (χ1) is 8.54. The van der Waals surface area contributed by atoms with Crippen LogP contribution in [0.4, 0.5) is 8.78 Å². The van der Waals surface area contributed by atoms with E-state index in [0.29, 0.717) is 18.5 Å². The van der Waals surface area contributed by atoms with Gasteiger partial charge in [-0.25, -0.2) is 8.78 Å². The predicted molar refractivity (Wildman–Crippen MR) is 68.3 cm³/mol. The molecule has 2 N–H and O–H groups in total. The quantitative estimate of drug-likeness (QED) is 0.843. The molecule has 0 atom stereocenters. The van der Waals surface area contributed by atoms with Gasteiger partial charge in [0.2, 0.25) is 0 Å². The Morgan fingerprint density at radius 1 is 1.33 bits per heavy atom. The maximum Gasteiger partial charge on any atom is 0.126 e. The second-order valence-corrected chi connectivity index (χ2v) is 5.43. The number of nitrogens with zero attached hydrogens (tertiary/aromatic N) is 1. The third kappa shape index (κ3) is 3.27. The number of hydrogen-bond donors (Lipinski definition) is 1. The molecule has 0 heterocycles. The molecule has 1 fully saturated rings. The Hall–Kier alpha value is -1.00. The van der Waals surface area contributed by atoms with Crippen LogP contribution in [0.25, 0.3) is 0 Å². The topological polar surface area (TPSA) is 29.3 Å². The van der Waals surface area contributed by atoms with E-state index in [1.807, 2.05) is 7.05 Å². The summed E-state index contributed by atoms with van der Waals surface area (Å²) in [6.45, 7) is 2.38. The zero-order valence-electron chi connectivity index (χ0n) is 10.8. The zero-order chi connectivity index (χ0) is 13.2. The first-order valence-corrected chi connectivity index (χ1v) is 6.37. The van der Waals surface area contributed by atoms with Crippen LogP contribution in [0, 0.1) is 17.0 Å². The molecule has 100 valence electrons. The number of benzene rings is 1. The molecule has 2 nitrogen and oxygen atoms in total. The van der Waals surface area contributed by atoms with E-state index in [2.05, 4.69) is 4.90 Å². The van der Waals surface area contributed by atoms with Gasteiger partial charge < -0.3 is 10.6 Å². The molecule has 0 bridgehead atoms. The average Bonchev–Trinajstić information content (AvgIpc) is 3.11. The van der Waals surface area contributed by atoms with E-state index in [1.165, 1.54) is 25.0 Å². The molecule has 2 rings (SSSR count). The summed E-state index contributed by atoms with van der Waals surface area (Å²) in [5, 5.41) is 0. The van der Waals surface area contributed by atoms with E-state index in [9.17, 15) is 8.78 Å². The lowest BCUT2D eigenvalue weighted by Crippen LogP contribution is -2.32. The first-order valence-electron chi connectivity index (χ1n) is 6.37. The molecular weight excluding hydrogens is 234 g/mol. The Balaban J connectivity index is 1.85. The molecule has 0 unspecified atom stereocenters. The highest BCUT2D eigenvalue weighted by atomic mass is 19.1. The van der Waals surface area contributed by atoms with E-state index in [0.717, 1.165) is 19.2 Å². The second kappa shape index (κ2) is 5.33. The molecule has 1 aliphatic rings. The highest BCUT2D eigenvalue weighted by Crippen LogP contribution is 2.44. The summed E-state index contributed by atoms with van der Waals surface area (Å²) >= 11 is 0. The standard InChI is InChI=1S/C14H20F2N2/c1-18(10-14(9-17)5-6-14)7-4-11-8-12(15)2-3-13(11)16/h2-3,8H,4-7,9-10,17H2,1H3. The van der Waals surface area contributed by atoms with Crippen molar-refractivity contribution < 1.29 is 8.78 Å². The molecule has 0 radical (unpaired) electrons. The summed E-state index contributed by atoms with van der Waals surface area (Å²) in [7, 11) is 2.01. The molecule has 1 aromatic rings. The van der Waals surface area contributed by atoms with Crippen molar-refractivity contribution >= 4 is 0 Å². The summed E-state index contributed by atoms with van der Waals surface area (Å²) in [5.41, 5.74) is 6.46. The minimum absolute atomic E-state index is 0.287. The van der Waals surface area contributed by atoms with Gasteiger partial charge in [0.15, 0.2) is 0 Å². The lowest BCUT2D eigenvalue weighted by atomic mass is 10.1. The molecule has 18 heavy (non-hydrogen) atoms. The number of halogens is 2. The molecule has 0 aliphatic heterocycles. The summed E-state index contributed by atoms with van der Waals surface area (Å²) < 4.78 is 26.4. The Kier molecular flexibility index (Phi) is 3.97. The van der Waals surface area contributed by atoms with Crippen molar-refractivity contribution in [1.29, 1.82) is 0 Å². The fourth-order valence-corrected chi connectivity index (χ4v) is 2.30. The normalized spacial score (nSPS) is 17.2. The summed E-state index contributed by atoms with van der Waals surface area (Å²) in [4.78, 5) is 2.16. The van der Waals surface area contributed by atoms with Crippen molar-refractivity contribution in [3.63, 3.8) is 0 Å². The van der Waals surface area contributed by atoms with Crippen LogP contribution in [0.1, 0.15) is 18.4 Å². The molecule has 0 aromatic heterocycles. The molecule has 0 spiro atoms. The van der Waals surface area contributed by atoms with Crippen molar-refractivity contribution in [2.75, 3.05) is 26.7 Å². The Bertz CT molecular complexity index is 416. The van der Waals surface area contributed by atoms with Gasteiger partial charge in [-0.05, 0) is 62.0 Å². The average molecular weight is 254 g/mol.